The molecule has 5 aliphatic rings. The van der Waals surface area contributed by atoms with Crippen LogP contribution in [-0.2, 0) is 33.6 Å². The summed E-state index contributed by atoms with van der Waals surface area (Å²) in [6.07, 6.45) is 2.47. The third-order valence-electron chi connectivity index (χ3n) is 7.61. The van der Waals surface area contributed by atoms with Gasteiger partial charge in [-0.2, -0.15) is 0 Å². The molecule has 1 amide bonds. The summed E-state index contributed by atoms with van der Waals surface area (Å²) in [6, 6.07) is 0. The summed E-state index contributed by atoms with van der Waals surface area (Å²) in [6.45, 7) is 10.8. The number of hydrogen-bond donors (Lipinski definition) is 1. The van der Waals surface area contributed by atoms with Crippen LogP contribution in [0.15, 0.2) is 0 Å². The molecule has 8 heteroatoms. The normalized spacial score (nSPS) is 43.8. The van der Waals surface area contributed by atoms with Crippen LogP contribution < -0.4 is 5.32 Å². The number of carbonyl (C=O) groups excluding carboxylic acids is 2. The van der Waals surface area contributed by atoms with E-state index in [1.165, 1.54) is 0 Å². The SMILES string of the molecule is CC(C)CNC(=O)CCC(=O)O[C@@H]1O[C@@H]2O[C@@]3(C)CC[C@H]4[C@H](C)CC[C@@H]([C@H]1C)[C@@]24OO3. The second-order valence-electron chi connectivity index (χ2n) is 10.5. The van der Waals surface area contributed by atoms with E-state index in [4.69, 9.17) is 24.0 Å². The van der Waals surface area contributed by atoms with Crippen LogP contribution in [0.1, 0.15) is 73.1 Å². The summed E-state index contributed by atoms with van der Waals surface area (Å²) in [5, 5.41) is 2.82. The molecule has 1 aliphatic carbocycles. The molecule has 1 saturated carbocycles. The highest BCUT2D eigenvalue weighted by Gasteiger charge is 2.69. The Morgan fingerprint density at radius 1 is 1.10 bits per heavy atom. The Labute approximate surface area is 184 Å². The maximum Gasteiger partial charge on any atom is 0.308 e. The van der Waals surface area contributed by atoms with Crippen molar-refractivity contribution in [3.63, 3.8) is 0 Å². The highest BCUT2D eigenvalue weighted by molar-refractivity contribution is 5.81. The molecule has 0 aromatic heterocycles. The van der Waals surface area contributed by atoms with Gasteiger partial charge >= 0.3 is 5.97 Å². The third-order valence-corrected chi connectivity index (χ3v) is 7.61. The number of rotatable bonds is 6. The summed E-state index contributed by atoms with van der Waals surface area (Å²) < 4.78 is 18.2. The number of ether oxygens (including phenoxy) is 3. The molecule has 0 aromatic carbocycles. The van der Waals surface area contributed by atoms with E-state index in [-0.39, 0.29) is 36.5 Å². The van der Waals surface area contributed by atoms with Crippen molar-refractivity contribution in [3.8, 4) is 0 Å². The Bertz CT molecular complexity index is 699. The molecule has 1 N–H and O–H groups in total. The Hall–Kier alpha value is -1.22. The summed E-state index contributed by atoms with van der Waals surface area (Å²) in [7, 11) is 0. The Morgan fingerprint density at radius 2 is 1.87 bits per heavy atom. The van der Waals surface area contributed by atoms with Gasteiger partial charge in [0.05, 0.1) is 6.42 Å². The third kappa shape index (κ3) is 4.24. The van der Waals surface area contributed by atoms with Gasteiger partial charge in [-0.1, -0.05) is 27.7 Å². The molecule has 2 bridgehead atoms. The first-order chi connectivity index (χ1) is 14.6. The Kier molecular flexibility index (Phi) is 6.38. The number of esters is 1. The molecule has 5 rings (SSSR count). The van der Waals surface area contributed by atoms with Crippen molar-refractivity contribution in [1.82, 2.24) is 5.32 Å². The minimum atomic E-state index is -0.860. The van der Waals surface area contributed by atoms with Crippen LogP contribution in [0.5, 0.6) is 0 Å². The first-order valence-electron chi connectivity index (χ1n) is 11.8. The first kappa shape index (κ1) is 23.0. The number of hydrogen-bond acceptors (Lipinski definition) is 7. The molecule has 0 unspecified atom stereocenters. The van der Waals surface area contributed by atoms with Crippen molar-refractivity contribution in [2.75, 3.05) is 6.54 Å². The predicted octanol–water partition coefficient (Wildman–Crippen LogP) is 3.29. The van der Waals surface area contributed by atoms with Crippen LogP contribution in [0, 0.1) is 29.6 Å². The lowest BCUT2D eigenvalue weighted by molar-refractivity contribution is -0.576. The molecule has 8 nitrogen and oxygen atoms in total. The molecule has 4 aliphatic heterocycles. The Balaban J connectivity index is 1.43. The summed E-state index contributed by atoms with van der Waals surface area (Å²) >= 11 is 0. The summed E-state index contributed by atoms with van der Waals surface area (Å²) in [5.41, 5.74) is -0.674. The van der Waals surface area contributed by atoms with Crippen LogP contribution >= 0.6 is 0 Å². The summed E-state index contributed by atoms with van der Waals surface area (Å²) in [4.78, 5) is 36.3. The van der Waals surface area contributed by atoms with E-state index in [9.17, 15) is 9.59 Å². The predicted molar refractivity (Wildman–Crippen MR) is 110 cm³/mol. The summed E-state index contributed by atoms with van der Waals surface area (Å²) in [5.74, 6) is -0.299. The monoisotopic (exact) mass is 439 g/mol. The van der Waals surface area contributed by atoms with Gasteiger partial charge in [-0.05, 0) is 43.9 Å². The van der Waals surface area contributed by atoms with Gasteiger partial charge in [0, 0.05) is 31.2 Å². The molecule has 31 heavy (non-hydrogen) atoms. The minimum Gasteiger partial charge on any atom is -0.435 e. The second kappa shape index (κ2) is 8.61. The largest absolute Gasteiger partial charge is 0.435 e. The van der Waals surface area contributed by atoms with E-state index in [1.54, 1.807) is 0 Å². The highest BCUT2D eigenvalue weighted by Crippen LogP contribution is 2.60. The fourth-order valence-electron chi connectivity index (χ4n) is 5.82. The van der Waals surface area contributed by atoms with Crippen molar-refractivity contribution < 1.29 is 33.6 Å². The lowest BCUT2D eigenvalue weighted by atomic mass is 9.58. The van der Waals surface area contributed by atoms with E-state index < -0.39 is 29.9 Å². The average molecular weight is 440 g/mol. The quantitative estimate of drug-likeness (QED) is 0.501. The van der Waals surface area contributed by atoms with Crippen molar-refractivity contribution in [2.24, 2.45) is 29.6 Å². The van der Waals surface area contributed by atoms with Crippen LogP contribution in [0.4, 0.5) is 0 Å². The van der Waals surface area contributed by atoms with Crippen molar-refractivity contribution in [3.05, 3.63) is 0 Å². The van der Waals surface area contributed by atoms with E-state index in [1.807, 2.05) is 27.7 Å². The van der Waals surface area contributed by atoms with Crippen molar-refractivity contribution >= 4 is 11.9 Å². The maximum atomic E-state index is 12.5. The minimum absolute atomic E-state index is 0.0226. The zero-order valence-electron chi connectivity index (χ0n) is 19.3. The molecular weight excluding hydrogens is 402 g/mol. The topological polar surface area (TPSA) is 92.3 Å². The molecule has 4 heterocycles. The number of carbonyl (C=O) groups is 2. The molecular formula is C23H37NO7. The van der Waals surface area contributed by atoms with Gasteiger partial charge in [-0.3, -0.25) is 9.59 Å². The van der Waals surface area contributed by atoms with Crippen molar-refractivity contribution in [1.29, 1.82) is 0 Å². The van der Waals surface area contributed by atoms with Gasteiger partial charge in [0.25, 0.3) is 0 Å². The van der Waals surface area contributed by atoms with E-state index in [2.05, 4.69) is 12.2 Å². The van der Waals surface area contributed by atoms with Crippen molar-refractivity contribution in [2.45, 2.75) is 97.1 Å². The van der Waals surface area contributed by atoms with Gasteiger partial charge in [0.15, 0.2) is 11.9 Å². The Morgan fingerprint density at radius 3 is 2.61 bits per heavy atom. The highest BCUT2D eigenvalue weighted by atomic mass is 17.3. The van der Waals surface area contributed by atoms with Gasteiger partial charge < -0.3 is 19.5 Å². The molecule has 0 aromatic rings. The lowest BCUT2D eigenvalue weighted by Gasteiger charge is -2.59. The van der Waals surface area contributed by atoms with Gasteiger partial charge in [0.2, 0.25) is 18.0 Å². The standard InChI is InChI=1S/C23H37NO7/c1-13(2)12-24-18(25)8-9-19(26)27-20-15(4)17-7-6-14(3)16-10-11-22(5)29-21(28-20)23(16,17)31-30-22/h13-17,20-21H,6-12H2,1-5H3,(H,24,25)/t14-,15-,16+,17+,20-,21-,22-,23-/m1/s1. The fraction of sp³-hybridized carbons (Fsp3) is 0.913. The first-order valence-corrected chi connectivity index (χ1v) is 11.8. The number of nitrogens with one attached hydrogen (secondary N) is 1. The number of fused-ring (bicyclic) bond motifs is 2. The van der Waals surface area contributed by atoms with Crippen LogP contribution in [0.3, 0.4) is 0 Å². The maximum absolute atomic E-state index is 12.5. The average Bonchev–Trinajstić information content (AvgIpc) is 2.94. The van der Waals surface area contributed by atoms with E-state index in [0.717, 1.165) is 25.7 Å². The number of amides is 1. The smallest absolute Gasteiger partial charge is 0.308 e. The zero-order chi connectivity index (χ0) is 22.4. The molecule has 4 saturated heterocycles. The second-order valence-corrected chi connectivity index (χ2v) is 10.5. The van der Waals surface area contributed by atoms with Crippen LogP contribution in [-0.4, -0.2) is 42.4 Å². The van der Waals surface area contributed by atoms with Gasteiger partial charge in [-0.15, -0.1) is 0 Å². The zero-order valence-corrected chi connectivity index (χ0v) is 19.3. The van der Waals surface area contributed by atoms with Crippen LogP contribution in [0.25, 0.3) is 0 Å². The molecule has 176 valence electrons. The van der Waals surface area contributed by atoms with E-state index >= 15 is 0 Å². The van der Waals surface area contributed by atoms with Gasteiger partial charge in [-0.25, -0.2) is 9.78 Å². The molecule has 1 spiro atoms. The van der Waals surface area contributed by atoms with E-state index in [0.29, 0.717) is 18.4 Å². The van der Waals surface area contributed by atoms with Gasteiger partial charge in [0.1, 0.15) is 0 Å². The lowest BCUT2D eigenvalue weighted by Crippen LogP contribution is -2.70. The molecule has 5 fully saturated rings. The fourth-order valence-corrected chi connectivity index (χ4v) is 5.82. The molecule has 8 atom stereocenters. The van der Waals surface area contributed by atoms with Crippen LogP contribution in [0.2, 0.25) is 0 Å². The molecule has 0 radical (unpaired) electrons.